The lowest BCUT2D eigenvalue weighted by Crippen LogP contribution is -2.54. The lowest BCUT2D eigenvalue weighted by molar-refractivity contribution is -0.135. The van der Waals surface area contributed by atoms with Gasteiger partial charge >= 0.3 is 12.2 Å². The number of nitrogens with zero attached hydrogens (tertiary/aromatic N) is 3. The Kier molecular flexibility index (Phi) is 10.4. The number of anilines is 1. The van der Waals surface area contributed by atoms with Gasteiger partial charge in [-0.05, 0) is 67.2 Å². The number of carboxylic acid groups (broad SMARTS) is 1. The smallest absolute Gasteiger partial charge is 0.407 e. The third-order valence-corrected chi connectivity index (χ3v) is 9.19. The Morgan fingerprint density at radius 3 is 2.45 bits per heavy atom. The lowest BCUT2D eigenvalue weighted by atomic mass is 9.91. The van der Waals surface area contributed by atoms with Crippen molar-refractivity contribution in [3.63, 3.8) is 0 Å². The molecule has 2 heterocycles. The van der Waals surface area contributed by atoms with Crippen molar-refractivity contribution in [3.8, 4) is 5.75 Å². The van der Waals surface area contributed by atoms with Crippen molar-refractivity contribution >= 4 is 45.6 Å². The van der Waals surface area contributed by atoms with Crippen LogP contribution in [0.3, 0.4) is 0 Å². The van der Waals surface area contributed by atoms with Gasteiger partial charge in [-0.15, -0.1) is 0 Å². The molecule has 11 nitrogen and oxygen atoms in total. The van der Waals surface area contributed by atoms with Gasteiger partial charge in [0.15, 0.2) is 0 Å². The number of ether oxygens (including phenoxy) is 2. The highest BCUT2D eigenvalue weighted by Gasteiger charge is 2.47. The Labute approximate surface area is 282 Å². The quantitative estimate of drug-likeness (QED) is 0.279. The summed E-state index contributed by atoms with van der Waals surface area (Å²) in [7, 11) is 0. The first-order chi connectivity index (χ1) is 22.5. The predicted molar refractivity (Wildman–Crippen MR) is 179 cm³/mol. The Bertz CT molecular complexity index is 1620. The first-order valence-electron chi connectivity index (χ1n) is 15.6. The van der Waals surface area contributed by atoms with Crippen LogP contribution < -0.4 is 15.0 Å². The average Bonchev–Trinajstić information content (AvgIpc) is 3.06. The second-order valence-electron chi connectivity index (χ2n) is 12.1. The van der Waals surface area contributed by atoms with Crippen LogP contribution in [-0.2, 0) is 21.7 Å². The number of carbonyl (C=O) groups is 4. The molecule has 4 amide bonds. The number of hydrogen-bond acceptors (Lipinski definition) is 6. The van der Waals surface area contributed by atoms with Crippen LogP contribution in [0.2, 0.25) is 0 Å². The van der Waals surface area contributed by atoms with E-state index in [4.69, 9.17) is 9.47 Å². The van der Waals surface area contributed by atoms with Crippen molar-refractivity contribution in [2.75, 3.05) is 31.1 Å². The van der Waals surface area contributed by atoms with Crippen LogP contribution in [-0.4, -0.2) is 77.2 Å². The van der Waals surface area contributed by atoms with E-state index in [1.165, 1.54) is 9.80 Å². The van der Waals surface area contributed by atoms with E-state index in [-0.39, 0.29) is 50.1 Å². The molecule has 1 saturated heterocycles. The summed E-state index contributed by atoms with van der Waals surface area (Å²) in [6, 6.07) is 21.3. The maximum absolute atomic E-state index is 14.2. The minimum absolute atomic E-state index is 0.0776. The average molecular weight is 708 g/mol. The molecule has 0 bridgehead atoms. The SMILES string of the molecule is CC(C)N(C(=O)c1cc2c(cc1Br)O[C@@](C)(c1ccccc1)C(=O)N2CCNC(=O)OCc1ccccc1)[C@@H]1CCCN(C(=O)O)C1. The number of likely N-dealkylation sites (tertiary alicyclic amines) is 1. The van der Waals surface area contributed by atoms with Gasteiger partial charge in [0.2, 0.25) is 5.60 Å². The number of halogens is 1. The van der Waals surface area contributed by atoms with Crippen molar-refractivity contribution in [2.24, 2.45) is 0 Å². The van der Waals surface area contributed by atoms with Crippen LogP contribution in [0.1, 0.15) is 55.1 Å². The van der Waals surface area contributed by atoms with E-state index in [0.29, 0.717) is 46.4 Å². The van der Waals surface area contributed by atoms with E-state index < -0.39 is 17.8 Å². The number of piperidine rings is 1. The summed E-state index contributed by atoms with van der Waals surface area (Å²) < 4.78 is 12.2. The van der Waals surface area contributed by atoms with Crippen LogP contribution in [0.25, 0.3) is 0 Å². The van der Waals surface area contributed by atoms with Gasteiger partial charge in [0.1, 0.15) is 12.4 Å². The molecule has 0 unspecified atom stereocenters. The highest BCUT2D eigenvalue weighted by Crippen LogP contribution is 2.45. The van der Waals surface area contributed by atoms with Crippen LogP contribution in [0.15, 0.2) is 77.3 Å². The fraction of sp³-hybridized carbons (Fsp3) is 0.371. The molecule has 2 N–H and O–H groups in total. The minimum atomic E-state index is -1.38. The third kappa shape index (κ3) is 7.38. The van der Waals surface area contributed by atoms with E-state index in [1.807, 2.05) is 74.5 Å². The fourth-order valence-corrected chi connectivity index (χ4v) is 6.64. The van der Waals surface area contributed by atoms with Crippen LogP contribution in [0, 0.1) is 0 Å². The van der Waals surface area contributed by atoms with Gasteiger partial charge in [0, 0.05) is 42.3 Å². The Hall–Kier alpha value is -4.58. The van der Waals surface area contributed by atoms with Gasteiger partial charge in [-0.3, -0.25) is 9.59 Å². The molecule has 2 aliphatic heterocycles. The van der Waals surface area contributed by atoms with Crippen LogP contribution in [0.5, 0.6) is 5.75 Å². The molecule has 0 aromatic heterocycles. The summed E-state index contributed by atoms with van der Waals surface area (Å²) >= 11 is 3.58. The number of alkyl carbamates (subject to hydrolysis) is 1. The molecule has 0 aliphatic carbocycles. The normalized spacial score (nSPS) is 19.1. The van der Waals surface area contributed by atoms with Crippen LogP contribution >= 0.6 is 15.9 Å². The molecule has 47 heavy (non-hydrogen) atoms. The Morgan fingerprint density at radius 1 is 1.11 bits per heavy atom. The van der Waals surface area contributed by atoms with Gasteiger partial charge in [0.25, 0.3) is 11.8 Å². The largest absolute Gasteiger partial charge is 0.471 e. The van der Waals surface area contributed by atoms with Gasteiger partial charge in [-0.25, -0.2) is 9.59 Å². The zero-order chi connectivity index (χ0) is 33.7. The lowest BCUT2D eigenvalue weighted by Gasteiger charge is -2.42. The predicted octanol–water partition coefficient (Wildman–Crippen LogP) is 6.01. The van der Waals surface area contributed by atoms with E-state index in [1.54, 1.807) is 24.0 Å². The Morgan fingerprint density at radius 2 is 1.79 bits per heavy atom. The number of fused-ring (bicyclic) bond motifs is 1. The maximum Gasteiger partial charge on any atom is 0.407 e. The van der Waals surface area contributed by atoms with E-state index in [2.05, 4.69) is 21.2 Å². The molecule has 0 saturated carbocycles. The number of nitrogens with one attached hydrogen (secondary N) is 1. The molecular weight excluding hydrogens is 668 g/mol. The summed E-state index contributed by atoms with van der Waals surface area (Å²) in [5.74, 6) is -0.267. The van der Waals surface area contributed by atoms with E-state index in [0.717, 1.165) is 5.56 Å². The first kappa shape index (κ1) is 33.8. The third-order valence-electron chi connectivity index (χ3n) is 8.53. The minimum Gasteiger partial charge on any atom is -0.471 e. The van der Waals surface area contributed by atoms with Crippen LogP contribution in [0.4, 0.5) is 15.3 Å². The zero-order valence-corrected chi connectivity index (χ0v) is 28.2. The molecular formula is C35H39BrN4O7. The highest BCUT2D eigenvalue weighted by molar-refractivity contribution is 9.10. The summed E-state index contributed by atoms with van der Waals surface area (Å²) in [6.45, 7) is 6.41. The van der Waals surface area contributed by atoms with Gasteiger partial charge in [-0.2, -0.15) is 0 Å². The summed E-state index contributed by atoms with van der Waals surface area (Å²) in [5.41, 5.74) is 0.817. The second-order valence-corrected chi connectivity index (χ2v) is 12.9. The molecule has 3 aromatic carbocycles. The molecule has 0 radical (unpaired) electrons. The van der Waals surface area contributed by atoms with Gasteiger partial charge in [0.05, 0.1) is 17.3 Å². The van der Waals surface area contributed by atoms with E-state index in [9.17, 15) is 24.3 Å². The molecule has 2 atom stereocenters. The standard InChI is InChI=1S/C35H39BrN4O7/c1-23(2)40(26-15-10-17-38(21-26)34(44)45)31(41)27-19-29-30(20-28(27)36)47-35(3,25-13-8-5-9-14-25)32(42)39(29)18-16-37-33(43)46-22-24-11-6-4-7-12-24/h4-9,11-14,19-20,23,26H,10,15-18,21-22H2,1-3H3,(H,37,43)(H,44,45)/t26-,35+/m1/s1. The highest BCUT2D eigenvalue weighted by atomic mass is 79.9. The fourth-order valence-electron chi connectivity index (χ4n) is 6.15. The molecule has 1 fully saturated rings. The number of amides is 4. The van der Waals surface area contributed by atoms with Crippen molar-refractivity contribution in [1.29, 1.82) is 0 Å². The molecule has 2 aliphatic rings. The molecule has 0 spiro atoms. The zero-order valence-electron chi connectivity index (χ0n) is 26.6. The monoisotopic (exact) mass is 706 g/mol. The second kappa shape index (κ2) is 14.5. The van der Waals surface area contributed by atoms with E-state index >= 15 is 0 Å². The maximum atomic E-state index is 14.2. The van der Waals surface area contributed by atoms with Gasteiger partial charge in [-0.1, -0.05) is 60.7 Å². The summed E-state index contributed by atoms with van der Waals surface area (Å²) in [5, 5.41) is 12.3. The number of rotatable bonds is 9. The number of hydrogen-bond donors (Lipinski definition) is 2. The van der Waals surface area contributed by atoms with Crippen molar-refractivity contribution in [3.05, 3.63) is 94.0 Å². The summed E-state index contributed by atoms with van der Waals surface area (Å²) in [6.07, 6.45) is -0.312. The summed E-state index contributed by atoms with van der Waals surface area (Å²) in [4.78, 5) is 57.3. The first-order valence-corrected chi connectivity index (χ1v) is 16.4. The Balaban J connectivity index is 1.43. The molecule has 12 heteroatoms. The van der Waals surface area contributed by atoms with Crippen molar-refractivity contribution in [1.82, 2.24) is 15.1 Å². The number of carbonyl (C=O) groups excluding carboxylic acids is 3. The van der Waals surface area contributed by atoms with Gasteiger partial charge < -0.3 is 34.6 Å². The molecule has 3 aromatic rings. The molecule has 5 rings (SSSR count). The van der Waals surface area contributed by atoms with Crippen molar-refractivity contribution in [2.45, 2.75) is 57.9 Å². The topological polar surface area (TPSA) is 129 Å². The number of benzene rings is 3. The van der Waals surface area contributed by atoms with Crippen molar-refractivity contribution < 1.29 is 33.8 Å². The molecule has 248 valence electrons.